The highest BCUT2D eigenvalue weighted by atomic mass is 35.5. The Balaban J connectivity index is 2.01. The zero-order valence-electron chi connectivity index (χ0n) is 15.6. The van der Waals surface area contributed by atoms with Crippen molar-refractivity contribution in [1.29, 1.82) is 0 Å². The van der Waals surface area contributed by atoms with Crippen LogP contribution in [0.15, 0.2) is 0 Å². The van der Waals surface area contributed by atoms with E-state index in [1.807, 2.05) is 0 Å². The normalized spacial score (nSPS) is 37.0. The summed E-state index contributed by atoms with van der Waals surface area (Å²) in [7, 11) is 0. The molecular formula is C21H27Cl3O. The highest BCUT2D eigenvalue weighted by molar-refractivity contribution is 6.45. The molecule has 1 heterocycles. The Labute approximate surface area is 166 Å². The van der Waals surface area contributed by atoms with Crippen LogP contribution in [-0.2, 0) is 16.6 Å². The molecule has 2 fully saturated rings. The molecule has 4 rings (SSSR count). The highest BCUT2D eigenvalue weighted by Gasteiger charge is 2.66. The Kier molecular flexibility index (Phi) is 4.25. The summed E-state index contributed by atoms with van der Waals surface area (Å²) in [6.45, 7) is 9.87. The Morgan fingerprint density at radius 2 is 1.64 bits per heavy atom. The van der Waals surface area contributed by atoms with Crippen molar-refractivity contribution in [2.45, 2.75) is 83.2 Å². The summed E-state index contributed by atoms with van der Waals surface area (Å²) in [4.78, 5) is 0. The number of hydrogen-bond acceptors (Lipinski definition) is 1. The number of rotatable bonds is 1. The van der Waals surface area contributed by atoms with E-state index in [1.165, 1.54) is 24.0 Å². The second kappa shape index (κ2) is 5.77. The van der Waals surface area contributed by atoms with E-state index in [1.54, 1.807) is 0 Å². The predicted molar refractivity (Wildman–Crippen MR) is 106 cm³/mol. The smallest absolute Gasteiger partial charge is 0.0833 e. The number of benzene rings is 1. The fourth-order valence-electron chi connectivity index (χ4n) is 6.34. The molecule has 0 unspecified atom stereocenters. The molecule has 25 heavy (non-hydrogen) atoms. The van der Waals surface area contributed by atoms with Crippen LogP contribution < -0.4 is 0 Å². The van der Waals surface area contributed by atoms with Crippen LogP contribution in [0.5, 0.6) is 0 Å². The van der Waals surface area contributed by atoms with Crippen LogP contribution in [-0.4, -0.2) is 12.2 Å². The zero-order valence-corrected chi connectivity index (χ0v) is 17.8. The molecule has 1 aromatic carbocycles. The van der Waals surface area contributed by atoms with Crippen LogP contribution in [0.25, 0.3) is 0 Å². The third-order valence-electron chi connectivity index (χ3n) is 7.58. The molecule has 0 radical (unpaired) electrons. The quantitative estimate of drug-likeness (QED) is 0.448. The molecule has 1 nitrogen and oxygen atoms in total. The molecule has 0 N–H and O–H groups in total. The molecule has 138 valence electrons. The number of halogens is 3. The largest absolute Gasteiger partial charge is 0.373 e. The molecule has 1 aliphatic heterocycles. The van der Waals surface area contributed by atoms with E-state index in [2.05, 4.69) is 27.7 Å². The summed E-state index contributed by atoms with van der Waals surface area (Å²) in [6.07, 6.45) is 6.62. The van der Waals surface area contributed by atoms with Gasteiger partial charge in [0.2, 0.25) is 0 Å². The van der Waals surface area contributed by atoms with Gasteiger partial charge in [-0.2, -0.15) is 0 Å². The monoisotopic (exact) mass is 400 g/mol. The lowest BCUT2D eigenvalue weighted by atomic mass is 9.47. The number of hydrogen-bond donors (Lipinski definition) is 0. The molecule has 1 saturated heterocycles. The van der Waals surface area contributed by atoms with E-state index in [4.69, 9.17) is 39.5 Å². The lowest BCUT2D eigenvalue weighted by Gasteiger charge is -2.60. The van der Waals surface area contributed by atoms with Gasteiger partial charge in [-0.25, -0.2) is 0 Å². The third kappa shape index (κ3) is 2.13. The zero-order chi connectivity index (χ0) is 18.2. The second-order valence-electron chi connectivity index (χ2n) is 9.04. The third-order valence-corrected chi connectivity index (χ3v) is 8.88. The van der Waals surface area contributed by atoms with Gasteiger partial charge in [0.25, 0.3) is 0 Å². The fourth-order valence-corrected chi connectivity index (χ4v) is 7.72. The van der Waals surface area contributed by atoms with Crippen molar-refractivity contribution in [3.8, 4) is 0 Å². The summed E-state index contributed by atoms with van der Waals surface area (Å²) in [5.41, 5.74) is 3.35. The maximum Gasteiger partial charge on any atom is 0.0833 e. The summed E-state index contributed by atoms with van der Waals surface area (Å²) < 4.78 is 6.58. The molecule has 0 amide bonds. The maximum atomic E-state index is 6.93. The lowest BCUT2D eigenvalue weighted by molar-refractivity contribution is -0.147. The van der Waals surface area contributed by atoms with E-state index in [0.29, 0.717) is 10.0 Å². The Bertz CT molecular complexity index is 743. The van der Waals surface area contributed by atoms with Crippen molar-refractivity contribution in [3.63, 3.8) is 0 Å². The second-order valence-corrected chi connectivity index (χ2v) is 10.2. The van der Waals surface area contributed by atoms with E-state index >= 15 is 0 Å². The summed E-state index contributed by atoms with van der Waals surface area (Å²) in [5, 5.41) is 2.19. The first-order chi connectivity index (χ1) is 11.7. The standard InChI is InChI=1S/C21H27Cl3O/c1-12(2)14-16(22)13-6-9-21-19(3,10-11-25-21)7-5-8-20(21,4)15(13)18(24)17(14)23/h12H,5-11H2,1-4H3/t19-,20+,21+/m0/s1. The molecule has 0 bridgehead atoms. The van der Waals surface area contributed by atoms with E-state index in [-0.39, 0.29) is 22.3 Å². The first kappa shape index (κ1) is 18.4. The lowest BCUT2D eigenvalue weighted by Crippen LogP contribution is -2.62. The molecule has 3 aliphatic rings. The van der Waals surface area contributed by atoms with Crippen LogP contribution in [0.3, 0.4) is 0 Å². The van der Waals surface area contributed by atoms with Gasteiger partial charge >= 0.3 is 0 Å². The van der Waals surface area contributed by atoms with Gasteiger partial charge in [0.15, 0.2) is 0 Å². The molecular weight excluding hydrogens is 375 g/mol. The van der Waals surface area contributed by atoms with Crippen LogP contribution in [0.2, 0.25) is 15.1 Å². The first-order valence-electron chi connectivity index (χ1n) is 9.52. The minimum absolute atomic E-state index is 0.121. The molecule has 3 atom stereocenters. The Morgan fingerprint density at radius 1 is 0.920 bits per heavy atom. The van der Waals surface area contributed by atoms with Crippen molar-refractivity contribution in [2.75, 3.05) is 6.61 Å². The van der Waals surface area contributed by atoms with E-state index in [9.17, 15) is 0 Å². The molecule has 1 spiro atoms. The van der Waals surface area contributed by atoms with Crippen molar-refractivity contribution < 1.29 is 4.74 Å². The topological polar surface area (TPSA) is 9.23 Å². The summed E-state index contributed by atoms with van der Waals surface area (Å²) >= 11 is 20.6. The van der Waals surface area contributed by atoms with Gasteiger partial charge < -0.3 is 4.74 Å². The summed E-state index contributed by atoms with van der Waals surface area (Å²) in [6, 6.07) is 0. The van der Waals surface area contributed by atoms with Gasteiger partial charge in [0, 0.05) is 17.0 Å². The minimum Gasteiger partial charge on any atom is -0.373 e. The van der Waals surface area contributed by atoms with E-state index in [0.717, 1.165) is 42.9 Å². The van der Waals surface area contributed by atoms with Gasteiger partial charge in [-0.3, -0.25) is 0 Å². The Morgan fingerprint density at radius 3 is 2.32 bits per heavy atom. The van der Waals surface area contributed by atoms with Crippen molar-refractivity contribution >= 4 is 34.8 Å². The molecule has 0 aromatic heterocycles. The van der Waals surface area contributed by atoms with Gasteiger partial charge in [0.05, 0.1) is 15.6 Å². The van der Waals surface area contributed by atoms with Crippen LogP contribution in [0.4, 0.5) is 0 Å². The average Bonchev–Trinajstić information content (AvgIpc) is 2.87. The molecule has 1 aromatic rings. The van der Waals surface area contributed by atoms with E-state index < -0.39 is 0 Å². The SMILES string of the molecule is CC(C)c1c(Cl)c(Cl)c2c(c1Cl)CC[C@@]13OCC[C@]1(C)CCC[C@]23C. The molecule has 1 saturated carbocycles. The number of fused-ring (bicyclic) bond motifs is 2. The van der Waals surface area contributed by atoms with Crippen molar-refractivity contribution in [3.05, 3.63) is 31.8 Å². The maximum absolute atomic E-state index is 6.93. The van der Waals surface area contributed by atoms with Crippen molar-refractivity contribution in [2.24, 2.45) is 5.41 Å². The minimum atomic E-state index is -0.138. The highest BCUT2D eigenvalue weighted by Crippen LogP contribution is 2.67. The van der Waals surface area contributed by atoms with Crippen LogP contribution >= 0.6 is 34.8 Å². The predicted octanol–water partition coefficient (Wildman–Crippen LogP) is 7.32. The summed E-state index contributed by atoms with van der Waals surface area (Å²) in [5.74, 6) is 0.255. The van der Waals surface area contributed by atoms with Gasteiger partial charge in [0.1, 0.15) is 0 Å². The fraction of sp³-hybridized carbons (Fsp3) is 0.714. The van der Waals surface area contributed by atoms with Crippen molar-refractivity contribution in [1.82, 2.24) is 0 Å². The van der Waals surface area contributed by atoms with Crippen LogP contribution in [0.1, 0.15) is 82.4 Å². The molecule has 2 aliphatic carbocycles. The van der Waals surface area contributed by atoms with Gasteiger partial charge in [-0.15, -0.1) is 0 Å². The average molecular weight is 402 g/mol. The molecule has 4 heteroatoms. The first-order valence-corrected chi connectivity index (χ1v) is 10.7. The van der Waals surface area contributed by atoms with Gasteiger partial charge in [-0.1, -0.05) is 68.9 Å². The van der Waals surface area contributed by atoms with Crippen LogP contribution in [0, 0.1) is 5.41 Å². The number of ether oxygens (including phenoxy) is 1. The Hall–Kier alpha value is 0.0500. The van der Waals surface area contributed by atoms with Gasteiger partial charge in [-0.05, 0) is 60.1 Å².